The average Bonchev–Trinajstić information content (AvgIpc) is 2.40. The molecule has 0 fully saturated rings. The minimum absolute atomic E-state index is 0.0921. The third-order valence-corrected chi connectivity index (χ3v) is 4.21. The number of hydrazone groups is 1. The molecule has 1 aliphatic heterocycles. The SMILES string of the molecule is CSc1cc(C2=NN(C)C(C(F)(F)F)=CC2O)c(F)cc1Cl. The number of halogens is 5. The molecule has 0 aromatic heterocycles. The fourth-order valence-electron chi connectivity index (χ4n) is 1.98. The van der Waals surface area contributed by atoms with Crippen molar-refractivity contribution in [1.82, 2.24) is 5.01 Å². The van der Waals surface area contributed by atoms with E-state index in [1.54, 1.807) is 6.26 Å². The van der Waals surface area contributed by atoms with E-state index in [0.29, 0.717) is 16.0 Å². The van der Waals surface area contributed by atoms with Crippen molar-refractivity contribution in [1.29, 1.82) is 0 Å². The number of alkyl halides is 3. The second kappa shape index (κ2) is 6.10. The first-order chi connectivity index (χ1) is 10.1. The summed E-state index contributed by atoms with van der Waals surface area (Å²) in [6.45, 7) is 0. The van der Waals surface area contributed by atoms with Crippen molar-refractivity contribution in [2.45, 2.75) is 17.2 Å². The van der Waals surface area contributed by atoms with Crippen molar-refractivity contribution in [2.75, 3.05) is 13.3 Å². The summed E-state index contributed by atoms with van der Waals surface area (Å²) < 4.78 is 52.3. The Morgan fingerprint density at radius 3 is 2.55 bits per heavy atom. The van der Waals surface area contributed by atoms with Crippen LogP contribution in [0.1, 0.15) is 5.56 Å². The van der Waals surface area contributed by atoms with Crippen molar-refractivity contribution in [3.8, 4) is 0 Å². The Balaban J connectivity index is 2.48. The summed E-state index contributed by atoms with van der Waals surface area (Å²) >= 11 is 7.10. The molecule has 1 heterocycles. The van der Waals surface area contributed by atoms with Gasteiger partial charge in [-0.3, -0.25) is 5.01 Å². The Morgan fingerprint density at radius 2 is 2.00 bits per heavy atom. The summed E-state index contributed by atoms with van der Waals surface area (Å²) in [6, 6.07) is 2.39. The summed E-state index contributed by atoms with van der Waals surface area (Å²) in [5, 5.41) is 14.3. The maximum absolute atomic E-state index is 14.0. The minimum atomic E-state index is -4.66. The Kier molecular flexibility index (Phi) is 4.74. The summed E-state index contributed by atoms with van der Waals surface area (Å²) in [5.41, 5.74) is -1.41. The highest BCUT2D eigenvalue weighted by molar-refractivity contribution is 7.98. The molecule has 0 aliphatic carbocycles. The van der Waals surface area contributed by atoms with E-state index in [0.717, 1.165) is 13.1 Å². The quantitative estimate of drug-likeness (QED) is 0.650. The van der Waals surface area contributed by atoms with E-state index in [4.69, 9.17) is 11.6 Å². The smallest absolute Gasteiger partial charge is 0.382 e. The highest BCUT2D eigenvalue weighted by atomic mass is 35.5. The monoisotopic (exact) mass is 354 g/mol. The van der Waals surface area contributed by atoms with E-state index in [1.165, 1.54) is 17.8 Å². The maximum Gasteiger partial charge on any atom is 0.432 e. The lowest BCUT2D eigenvalue weighted by molar-refractivity contribution is -0.110. The number of allylic oxidation sites excluding steroid dienone is 1. The number of benzene rings is 1. The van der Waals surface area contributed by atoms with E-state index < -0.39 is 23.8 Å². The molecule has 0 amide bonds. The second-order valence-corrected chi connectivity index (χ2v) is 5.73. The highest BCUT2D eigenvalue weighted by Crippen LogP contribution is 2.33. The van der Waals surface area contributed by atoms with Crippen LogP contribution in [0.2, 0.25) is 5.02 Å². The van der Waals surface area contributed by atoms with E-state index in [9.17, 15) is 22.7 Å². The third kappa shape index (κ3) is 3.23. The number of hydrogen-bond acceptors (Lipinski definition) is 4. The van der Waals surface area contributed by atoms with Gasteiger partial charge in [0.05, 0.1) is 5.02 Å². The Labute approximate surface area is 133 Å². The molecular weight excluding hydrogens is 344 g/mol. The standard InChI is InChI=1S/C13H11ClF4N2OS/c1-20-11(13(16,17)18)5-9(21)12(19-20)6-3-10(22-2)7(14)4-8(6)15/h3-5,9,21H,1-2H3. The van der Waals surface area contributed by atoms with Crippen molar-refractivity contribution in [2.24, 2.45) is 5.10 Å². The van der Waals surface area contributed by atoms with Gasteiger partial charge >= 0.3 is 6.18 Å². The zero-order valence-corrected chi connectivity index (χ0v) is 13.0. The number of aliphatic hydroxyl groups excluding tert-OH is 1. The summed E-state index contributed by atoms with van der Waals surface area (Å²) in [5.74, 6) is -0.766. The summed E-state index contributed by atoms with van der Waals surface area (Å²) in [6.07, 6.45) is -4.02. The van der Waals surface area contributed by atoms with Gasteiger partial charge in [-0.2, -0.15) is 18.3 Å². The van der Waals surface area contributed by atoms with Crippen molar-refractivity contribution in [3.63, 3.8) is 0 Å². The average molecular weight is 355 g/mol. The van der Waals surface area contributed by atoms with Crippen LogP contribution in [0.3, 0.4) is 0 Å². The summed E-state index contributed by atoms with van der Waals surface area (Å²) in [4.78, 5) is 0.529. The molecule has 1 atom stereocenters. The van der Waals surface area contributed by atoms with Crippen LogP contribution in [-0.4, -0.2) is 41.4 Å². The number of hydrogen-bond donors (Lipinski definition) is 1. The van der Waals surface area contributed by atoms with Gasteiger partial charge in [-0.05, 0) is 24.5 Å². The zero-order chi connectivity index (χ0) is 16.7. The largest absolute Gasteiger partial charge is 0.432 e. The molecule has 1 aliphatic rings. The Bertz CT molecular complexity index is 660. The molecule has 1 N–H and O–H groups in total. The van der Waals surface area contributed by atoms with E-state index in [1.807, 2.05) is 0 Å². The van der Waals surface area contributed by atoms with Crippen molar-refractivity contribution >= 4 is 29.1 Å². The van der Waals surface area contributed by atoms with Crippen LogP contribution in [0.5, 0.6) is 0 Å². The lowest BCUT2D eigenvalue weighted by atomic mass is 10.0. The fraction of sp³-hybridized carbons (Fsp3) is 0.308. The molecule has 1 aromatic carbocycles. The fourth-order valence-corrected chi connectivity index (χ4v) is 2.86. The van der Waals surface area contributed by atoms with Gasteiger partial charge in [0.1, 0.15) is 23.3 Å². The van der Waals surface area contributed by atoms with E-state index in [-0.39, 0.29) is 16.3 Å². The Morgan fingerprint density at radius 1 is 1.36 bits per heavy atom. The number of thioether (sulfide) groups is 1. The highest BCUT2D eigenvalue weighted by Gasteiger charge is 2.40. The zero-order valence-electron chi connectivity index (χ0n) is 11.4. The molecule has 0 saturated carbocycles. The molecule has 22 heavy (non-hydrogen) atoms. The maximum atomic E-state index is 14.0. The molecule has 9 heteroatoms. The first kappa shape index (κ1) is 17.1. The molecule has 2 rings (SSSR count). The van der Waals surface area contributed by atoms with E-state index in [2.05, 4.69) is 5.10 Å². The number of nitrogens with zero attached hydrogens (tertiary/aromatic N) is 2. The van der Waals surface area contributed by atoms with Crippen LogP contribution < -0.4 is 0 Å². The Hall–Kier alpha value is -1.25. The molecule has 0 bridgehead atoms. The van der Waals surface area contributed by atoms with Crippen molar-refractivity contribution < 1.29 is 22.7 Å². The second-order valence-electron chi connectivity index (χ2n) is 4.47. The van der Waals surface area contributed by atoms with Crippen LogP contribution in [0.25, 0.3) is 0 Å². The van der Waals surface area contributed by atoms with Gasteiger partial charge < -0.3 is 5.11 Å². The van der Waals surface area contributed by atoms with Gasteiger partial charge in [-0.15, -0.1) is 11.8 Å². The first-order valence-corrected chi connectivity index (χ1v) is 7.58. The lowest BCUT2D eigenvalue weighted by Gasteiger charge is -2.27. The predicted octanol–water partition coefficient (Wildman–Crippen LogP) is 3.66. The molecule has 3 nitrogen and oxygen atoms in total. The van der Waals surface area contributed by atoms with Crippen LogP contribution in [0, 0.1) is 5.82 Å². The normalized spacial score (nSPS) is 19.1. The molecule has 0 spiro atoms. The van der Waals surface area contributed by atoms with Gasteiger partial charge in [-0.1, -0.05) is 11.6 Å². The molecular formula is C13H11ClF4N2OS. The van der Waals surface area contributed by atoms with Gasteiger partial charge in [0, 0.05) is 17.5 Å². The van der Waals surface area contributed by atoms with Crippen LogP contribution in [0.15, 0.2) is 33.9 Å². The van der Waals surface area contributed by atoms with Crippen LogP contribution in [0.4, 0.5) is 17.6 Å². The van der Waals surface area contributed by atoms with Gasteiger partial charge in [0.25, 0.3) is 0 Å². The van der Waals surface area contributed by atoms with Gasteiger partial charge in [0.2, 0.25) is 0 Å². The van der Waals surface area contributed by atoms with Crippen molar-refractivity contribution in [3.05, 3.63) is 40.3 Å². The lowest BCUT2D eigenvalue weighted by Crippen LogP contribution is -2.35. The summed E-state index contributed by atoms with van der Waals surface area (Å²) in [7, 11) is 1.08. The molecule has 1 aromatic rings. The molecule has 0 radical (unpaired) electrons. The van der Waals surface area contributed by atoms with E-state index >= 15 is 0 Å². The number of rotatable bonds is 2. The molecule has 0 saturated heterocycles. The third-order valence-electron chi connectivity index (χ3n) is 3.01. The predicted molar refractivity (Wildman–Crippen MR) is 77.6 cm³/mol. The van der Waals surface area contributed by atoms with Crippen LogP contribution in [-0.2, 0) is 0 Å². The number of aliphatic hydroxyl groups is 1. The topological polar surface area (TPSA) is 35.8 Å². The van der Waals surface area contributed by atoms with Gasteiger partial charge in [-0.25, -0.2) is 4.39 Å². The first-order valence-electron chi connectivity index (χ1n) is 5.98. The van der Waals surface area contributed by atoms with Crippen LogP contribution >= 0.6 is 23.4 Å². The van der Waals surface area contributed by atoms with Gasteiger partial charge in [0.15, 0.2) is 0 Å². The minimum Gasteiger partial charge on any atom is -0.382 e. The molecule has 120 valence electrons. The molecule has 1 unspecified atom stereocenters.